The summed E-state index contributed by atoms with van der Waals surface area (Å²) in [4.78, 5) is 12.6. The van der Waals surface area contributed by atoms with Gasteiger partial charge in [-0.2, -0.15) is 0 Å². The highest BCUT2D eigenvalue weighted by molar-refractivity contribution is 14.1. The van der Waals surface area contributed by atoms with Gasteiger partial charge in [-0.25, -0.2) is 0 Å². The quantitative estimate of drug-likeness (QED) is 0.184. The minimum absolute atomic E-state index is 0.00399. The molecule has 6 nitrogen and oxygen atoms in total. The van der Waals surface area contributed by atoms with Gasteiger partial charge in [0.25, 0.3) is 5.69 Å². The molecule has 0 bridgehead atoms. The lowest BCUT2D eigenvalue weighted by Gasteiger charge is -2.00. The van der Waals surface area contributed by atoms with Gasteiger partial charge < -0.3 is 0 Å². The van der Waals surface area contributed by atoms with Crippen LogP contribution in [-0.4, -0.2) is 4.92 Å². The first-order valence-electron chi connectivity index (χ1n) is 3.25. The zero-order valence-electron chi connectivity index (χ0n) is 6.52. The molecule has 1 rings (SSSR count). The maximum absolute atomic E-state index is 10.5. The Hall–Kier alpha value is -0.610. The number of nitro groups is 1. The molecule has 72 valence electrons. The van der Waals surface area contributed by atoms with Crippen LogP contribution in [0, 0.1) is 17.3 Å². The third-order valence-electron chi connectivity index (χ3n) is 1.36. The first-order chi connectivity index (χ1) is 6.56. The normalized spacial score (nSPS) is 9.29. The van der Waals surface area contributed by atoms with E-state index in [1.54, 1.807) is 0 Å². The highest BCUT2D eigenvalue weighted by Crippen LogP contribution is 2.31. The third-order valence-corrected chi connectivity index (χ3v) is 3.00. The molecule has 8 heteroatoms. The smallest absolute Gasteiger partial charge is 0.258 e. The van der Waals surface area contributed by atoms with Crippen LogP contribution in [0.15, 0.2) is 17.2 Å². The predicted molar refractivity (Wildman–Crippen MR) is 67.3 cm³/mol. The van der Waals surface area contributed by atoms with Crippen molar-refractivity contribution in [2.75, 3.05) is 0 Å². The number of hydrogen-bond acceptors (Lipinski definition) is 3. The summed E-state index contributed by atoms with van der Waals surface area (Å²) < 4.78 is 1.14. The lowest BCUT2D eigenvalue weighted by atomic mass is 10.3. The van der Waals surface area contributed by atoms with Crippen LogP contribution in [0.2, 0.25) is 0 Å². The van der Waals surface area contributed by atoms with Gasteiger partial charge in [-0.15, -0.1) is 0 Å². The number of azide groups is 1. The molecule has 1 aromatic rings. The molecule has 14 heavy (non-hydrogen) atoms. The number of nitrogens with zero attached hydrogens (tertiary/aromatic N) is 4. The van der Waals surface area contributed by atoms with Crippen molar-refractivity contribution in [1.29, 1.82) is 0 Å². The Morgan fingerprint density at radius 3 is 2.29 bits per heavy atom. The zero-order chi connectivity index (χ0) is 10.7. The molecular formula is C6H2I2N4O2. The summed E-state index contributed by atoms with van der Waals surface area (Å²) >= 11 is 3.79. The molecular weight excluding hydrogens is 414 g/mol. The van der Waals surface area contributed by atoms with Crippen molar-refractivity contribution in [3.05, 3.63) is 39.8 Å². The SMILES string of the molecule is [N-]=[N+]=Nc1c(I)cc([N+](=O)[O-])cc1I. The van der Waals surface area contributed by atoms with Gasteiger partial charge in [-0.1, -0.05) is 5.11 Å². The molecule has 0 atom stereocenters. The lowest BCUT2D eigenvalue weighted by Crippen LogP contribution is -1.90. The fourth-order valence-corrected chi connectivity index (χ4v) is 2.75. The average molecular weight is 416 g/mol. The van der Waals surface area contributed by atoms with E-state index in [4.69, 9.17) is 5.53 Å². The van der Waals surface area contributed by atoms with Crippen molar-refractivity contribution in [2.24, 2.45) is 5.11 Å². The monoisotopic (exact) mass is 416 g/mol. The van der Waals surface area contributed by atoms with E-state index in [2.05, 4.69) is 10.0 Å². The standard InChI is InChI=1S/C6H2I2N4O2/c7-4-1-3(12(13)14)2-5(8)6(4)10-11-9/h1-2H. The summed E-state index contributed by atoms with van der Waals surface area (Å²) in [7, 11) is 0. The van der Waals surface area contributed by atoms with E-state index in [1.807, 2.05) is 45.2 Å². The fraction of sp³-hybridized carbons (Fsp3) is 0. The van der Waals surface area contributed by atoms with Gasteiger partial charge in [0.1, 0.15) is 0 Å². The number of rotatable bonds is 2. The summed E-state index contributed by atoms with van der Waals surface area (Å²) in [5.74, 6) is 0. The predicted octanol–water partition coefficient (Wildman–Crippen LogP) is 3.75. The van der Waals surface area contributed by atoms with Crippen molar-refractivity contribution >= 4 is 56.6 Å². The van der Waals surface area contributed by atoms with Crippen LogP contribution in [-0.2, 0) is 0 Å². The van der Waals surface area contributed by atoms with Crippen LogP contribution in [0.3, 0.4) is 0 Å². The Kier molecular flexibility index (Phi) is 3.89. The largest absolute Gasteiger partial charge is 0.271 e. The van der Waals surface area contributed by atoms with Crippen molar-refractivity contribution < 1.29 is 4.92 Å². The fourth-order valence-electron chi connectivity index (χ4n) is 0.798. The van der Waals surface area contributed by atoms with E-state index in [0.717, 1.165) is 0 Å². The summed E-state index contributed by atoms with van der Waals surface area (Å²) in [5, 5.41) is 13.9. The summed E-state index contributed by atoms with van der Waals surface area (Å²) in [5.41, 5.74) is 8.69. The molecule has 0 aliphatic rings. The van der Waals surface area contributed by atoms with Crippen molar-refractivity contribution in [1.82, 2.24) is 0 Å². The van der Waals surface area contributed by atoms with Crippen molar-refractivity contribution in [2.45, 2.75) is 0 Å². The maximum Gasteiger partial charge on any atom is 0.271 e. The minimum Gasteiger partial charge on any atom is -0.258 e. The second-order valence-electron chi connectivity index (χ2n) is 2.20. The van der Waals surface area contributed by atoms with Crippen molar-refractivity contribution in [3.8, 4) is 0 Å². The molecule has 0 heterocycles. The second kappa shape index (κ2) is 4.75. The van der Waals surface area contributed by atoms with Crippen LogP contribution >= 0.6 is 45.2 Å². The molecule has 0 fully saturated rings. The Balaban J connectivity index is 3.39. The number of nitro benzene ring substituents is 1. The molecule has 0 N–H and O–H groups in total. The number of non-ortho nitro benzene ring substituents is 1. The molecule has 0 spiro atoms. The van der Waals surface area contributed by atoms with Gasteiger partial charge in [-0.3, -0.25) is 10.1 Å². The molecule has 0 aliphatic carbocycles. The molecule has 0 unspecified atom stereocenters. The van der Waals surface area contributed by atoms with Crippen molar-refractivity contribution in [3.63, 3.8) is 0 Å². The molecule has 0 saturated heterocycles. The molecule has 0 aliphatic heterocycles. The lowest BCUT2D eigenvalue weighted by molar-refractivity contribution is -0.385. The minimum atomic E-state index is -0.482. The molecule has 1 aromatic carbocycles. The zero-order valence-corrected chi connectivity index (χ0v) is 10.8. The Bertz CT molecular complexity index is 418. The number of hydrogen-bond donors (Lipinski definition) is 0. The van der Waals surface area contributed by atoms with Crippen LogP contribution in [0.4, 0.5) is 11.4 Å². The van der Waals surface area contributed by atoms with E-state index in [1.165, 1.54) is 12.1 Å². The number of benzene rings is 1. The Morgan fingerprint density at radius 1 is 1.43 bits per heavy atom. The van der Waals surface area contributed by atoms with Crippen LogP contribution in [0.25, 0.3) is 10.4 Å². The van der Waals surface area contributed by atoms with Crippen LogP contribution in [0.5, 0.6) is 0 Å². The third kappa shape index (κ3) is 2.45. The topological polar surface area (TPSA) is 91.9 Å². The number of halogens is 2. The molecule has 0 saturated carbocycles. The van der Waals surface area contributed by atoms with E-state index >= 15 is 0 Å². The van der Waals surface area contributed by atoms with E-state index in [9.17, 15) is 10.1 Å². The second-order valence-corrected chi connectivity index (χ2v) is 4.53. The van der Waals surface area contributed by atoms with Gasteiger partial charge in [0.05, 0.1) is 10.6 Å². The van der Waals surface area contributed by atoms with Gasteiger partial charge in [0.15, 0.2) is 0 Å². The Labute approximate surface area is 106 Å². The first-order valence-corrected chi connectivity index (χ1v) is 5.40. The molecule has 0 aromatic heterocycles. The molecule has 0 amide bonds. The van der Waals surface area contributed by atoms with Gasteiger partial charge >= 0.3 is 0 Å². The average Bonchev–Trinajstić information content (AvgIpc) is 2.10. The summed E-state index contributed by atoms with van der Waals surface area (Å²) in [6, 6.07) is 2.74. The molecule has 0 radical (unpaired) electrons. The van der Waals surface area contributed by atoms with Gasteiger partial charge in [-0.05, 0) is 50.7 Å². The van der Waals surface area contributed by atoms with E-state index in [-0.39, 0.29) is 5.69 Å². The van der Waals surface area contributed by atoms with Crippen LogP contribution in [0.1, 0.15) is 0 Å². The maximum atomic E-state index is 10.5. The van der Waals surface area contributed by atoms with E-state index < -0.39 is 4.92 Å². The van der Waals surface area contributed by atoms with E-state index in [0.29, 0.717) is 12.8 Å². The first kappa shape index (κ1) is 11.5. The summed E-state index contributed by atoms with van der Waals surface area (Å²) in [6.45, 7) is 0. The van der Waals surface area contributed by atoms with Gasteiger partial charge in [0.2, 0.25) is 0 Å². The summed E-state index contributed by atoms with van der Waals surface area (Å²) in [6.07, 6.45) is 0. The van der Waals surface area contributed by atoms with Gasteiger partial charge in [0, 0.05) is 24.2 Å². The highest BCUT2D eigenvalue weighted by atomic mass is 127. The highest BCUT2D eigenvalue weighted by Gasteiger charge is 2.12. The van der Waals surface area contributed by atoms with Crippen LogP contribution < -0.4 is 0 Å². The Morgan fingerprint density at radius 2 is 1.93 bits per heavy atom.